The van der Waals surface area contributed by atoms with Crippen LogP contribution in [0.4, 0.5) is 0 Å². The highest BCUT2D eigenvalue weighted by Crippen LogP contribution is 2.12. The van der Waals surface area contributed by atoms with Gasteiger partial charge in [0.2, 0.25) is 0 Å². The fraction of sp³-hybridized carbons (Fsp3) is 0.462. The first-order valence-electron chi connectivity index (χ1n) is 6.12. The number of carbonyl (C=O) groups is 1. The molecule has 1 unspecified atom stereocenters. The third kappa shape index (κ3) is 3.21. The summed E-state index contributed by atoms with van der Waals surface area (Å²) in [6, 6.07) is 6.53. The van der Waals surface area contributed by atoms with Gasteiger partial charge in [-0.2, -0.15) is 0 Å². The zero-order chi connectivity index (χ0) is 13.0. The van der Waals surface area contributed by atoms with Crippen LogP contribution in [0.3, 0.4) is 0 Å². The average molecular weight is 250 g/mol. The first kappa shape index (κ1) is 12.9. The maximum absolute atomic E-state index is 12.0. The number of aromatic hydroxyl groups is 1. The Labute approximate surface area is 106 Å². The maximum atomic E-state index is 12.0. The van der Waals surface area contributed by atoms with Crippen molar-refractivity contribution in [2.75, 3.05) is 26.2 Å². The van der Waals surface area contributed by atoms with Crippen molar-refractivity contribution >= 4 is 5.91 Å². The highest BCUT2D eigenvalue weighted by atomic mass is 16.3. The number of phenolic OH excluding ortho intramolecular Hbond substituents is 1. The molecule has 1 aromatic carbocycles. The Balaban J connectivity index is 1.92. The summed E-state index contributed by atoms with van der Waals surface area (Å²) in [4.78, 5) is 13.7. The minimum Gasteiger partial charge on any atom is -0.508 e. The van der Waals surface area contributed by atoms with Gasteiger partial charge in [0.05, 0.1) is 0 Å². The predicted octanol–water partition coefficient (Wildman–Crippen LogP) is -0.273. The molecule has 1 fully saturated rings. The van der Waals surface area contributed by atoms with Crippen molar-refractivity contribution in [1.82, 2.24) is 10.2 Å². The summed E-state index contributed by atoms with van der Waals surface area (Å²) < 4.78 is 0. The standard InChI is InChI=1S/C13H18N2O3/c16-11-3-1-10(2-4-11)9-12(17)13(18)15-7-5-14-6-8-15/h1-4,12,14,16-17H,5-9H2. The number of carbonyl (C=O) groups excluding carboxylic acids is 1. The number of hydrogen-bond acceptors (Lipinski definition) is 4. The fourth-order valence-corrected chi connectivity index (χ4v) is 2.04. The van der Waals surface area contributed by atoms with E-state index in [2.05, 4.69) is 5.32 Å². The molecule has 1 amide bonds. The molecule has 0 aromatic heterocycles. The lowest BCUT2D eigenvalue weighted by molar-refractivity contribution is -0.140. The lowest BCUT2D eigenvalue weighted by atomic mass is 10.1. The summed E-state index contributed by atoms with van der Waals surface area (Å²) >= 11 is 0. The molecule has 0 radical (unpaired) electrons. The summed E-state index contributed by atoms with van der Waals surface area (Å²) in [5.41, 5.74) is 0.837. The summed E-state index contributed by atoms with van der Waals surface area (Å²) in [7, 11) is 0. The second kappa shape index (κ2) is 5.84. The SMILES string of the molecule is O=C(C(O)Cc1ccc(O)cc1)N1CCNCC1. The lowest BCUT2D eigenvalue weighted by Gasteiger charge is -2.29. The van der Waals surface area contributed by atoms with Crippen molar-refractivity contribution < 1.29 is 15.0 Å². The number of nitrogens with one attached hydrogen (secondary N) is 1. The maximum Gasteiger partial charge on any atom is 0.251 e. The molecule has 0 saturated carbocycles. The monoisotopic (exact) mass is 250 g/mol. The van der Waals surface area contributed by atoms with E-state index in [9.17, 15) is 9.90 Å². The molecule has 1 atom stereocenters. The van der Waals surface area contributed by atoms with E-state index in [-0.39, 0.29) is 18.1 Å². The minimum atomic E-state index is -1.01. The molecule has 0 spiro atoms. The number of benzene rings is 1. The highest BCUT2D eigenvalue weighted by Gasteiger charge is 2.23. The summed E-state index contributed by atoms with van der Waals surface area (Å²) in [5, 5.41) is 22.2. The van der Waals surface area contributed by atoms with Crippen LogP contribution in [-0.4, -0.2) is 53.3 Å². The van der Waals surface area contributed by atoms with Crippen LogP contribution in [0.5, 0.6) is 5.75 Å². The van der Waals surface area contributed by atoms with Crippen LogP contribution in [0.25, 0.3) is 0 Å². The van der Waals surface area contributed by atoms with Gasteiger partial charge in [0, 0.05) is 32.6 Å². The van der Waals surface area contributed by atoms with Crippen molar-refractivity contribution in [1.29, 1.82) is 0 Å². The average Bonchev–Trinajstić information content (AvgIpc) is 2.41. The molecular weight excluding hydrogens is 232 g/mol. The molecule has 0 aliphatic carbocycles. The molecule has 3 N–H and O–H groups in total. The van der Waals surface area contributed by atoms with E-state index < -0.39 is 6.10 Å². The first-order valence-corrected chi connectivity index (χ1v) is 6.12. The van der Waals surface area contributed by atoms with E-state index in [0.717, 1.165) is 18.7 Å². The van der Waals surface area contributed by atoms with E-state index in [0.29, 0.717) is 13.1 Å². The van der Waals surface area contributed by atoms with Crippen LogP contribution in [0.2, 0.25) is 0 Å². The quantitative estimate of drug-likeness (QED) is 0.690. The number of nitrogens with zero attached hydrogens (tertiary/aromatic N) is 1. The summed E-state index contributed by atoms with van der Waals surface area (Å²) in [6.45, 7) is 2.84. The molecule has 5 nitrogen and oxygen atoms in total. The fourth-order valence-electron chi connectivity index (χ4n) is 2.04. The van der Waals surface area contributed by atoms with Gasteiger partial charge in [0.15, 0.2) is 0 Å². The van der Waals surface area contributed by atoms with E-state index >= 15 is 0 Å². The largest absolute Gasteiger partial charge is 0.508 e. The third-order valence-corrected chi connectivity index (χ3v) is 3.08. The van der Waals surface area contributed by atoms with Gasteiger partial charge in [-0.1, -0.05) is 12.1 Å². The molecule has 2 rings (SSSR count). The summed E-state index contributed by atoms with van der Waals surface area (Å²) in [6.07, 6.45) is -0.726. The Morgan fingerprint density at radius 3 is 2.50 bits per heavy atom. The Hall–Kier alpha value is -1.59. The Morgan fingerprint density at radius 2 is 1.89 bits per heavy atom. The van der Waals surface area contributed by atoms with E-state index in [1.165, 1.54) is 0 Å². The van der Waals surface area contributed by atoms with Gasteiger partial charge in [-0.15, -0.1) is 0 Å². The second-order valence-electron chi connectivity index (χ2n) is 4.46. The normalized spacial score (nSPS) is 17.5. The van der Waals surface area contributed by atoms with E-state index in [1.807, 2.05) is 0 Å². The summed E-state index contributed by atoms with van der Waals surface area (Å²) in [5.74, 6) is -0.0359. The zero-order valence-corrected chi connectivity index (χ0v) is 10.2. The number of aliphatic hydroxyl groups is 1. The van der Waals surface area contributed by atoms with Gasteiger partial charge in [-0.25, -0.2) is 0 Å². The number of phenols is 1. The van der Waals surface area contributed by atoms with E-state index in [1.54, 1.807) is 29.2 Å². The van der Waals surface area contributed by atoms with Crippen LogP contribution in [0.1, 0.15) is 5.56 Å². The van der Waals surface area contributed by atoms with Gasteiger partial charge in [-0.3, -0.25) is 4.79 Å². The molecule has 1 saturated heterocycles. The molecular formula is C13H18N2O3. The second-order valence-corrected chi connectivity index (χ2v) is 4.46. The molecule has 1 heterocycles. The van der Waals surface area contributed by atoms with Crippen molar-refractivity contribution in [3.05, 3.63) is 29.8 Å². The van der Waals surface area contributed by atoms with Crippen LogP contribution < -0.4 is 5.32 Å². The van der Waals surface area contributed by atoms with Crippen molar-refractivity contribution in [2.45, 2.75) is 12.5 Å². The van der Waals surface area contributed by atoms with Crippen LogP contribution in [0.15, 0.2) is 24.3 Å². The predicted molar refractivity (Wildman–Crippen MR) is 67.3 cm³/mol. The molecule has 5 heteroatoms. The minimum absolute atomic E-state index is 0.182. The van der Waals surface area contributed by atoms with Crippen LogP contribution in [0, 0.1) is 0 Å². The molecule has 18 heavy (non-hydrogen) atoms. The van der Waals surface area contributed by atoms with Gasteiger partial charge >= 0.3 is 0 Å². The smallest absolute Gasteiger partial charge is 0.251 e. The number of piperazine rings is 1. The van der Waals surface area contributed by atoms with Gasteiger partial charge in [0.25, 0.3) is 5.91 Å². The van der Waals surface area contributed by atoms with Gasteiger partial charge in [-0.05, 0) is 17.7 Å². The van der Waals surface area contributed by atoms with Crippen molar-refractivity contribution in [2.24, 2.45) is 0 Å². The Kier molecular flexibility index (Phi) is 4.17. The number of rotatable bonds is 3. The zero-order valence-electron chi connectivity index (χ0n) is 10.2. The molecule has 1 aliphatic heterocycles. The molecule has 98 valence electrons. The number of aliphatic hydroxyl groups excluding tert-OH is 1. The number of amides is 1. The topological polar surface area (TPSA) is 72.8 Å². The Bertz CT molecular complexity index is 399. The van der Waals surface area contributed by atoms with Crippen LogP contribution >= 0.6 is 0 Å². The Morgan fingerprint density at radius 1 is 1.28 bits per heavy atom. The third-order valence-electron chi connectivity index (χ3n) is 3.08. The van der Waals surface area contributed by atoms with Gasteiger partial charge < -0.3 is 20.4 Å². The first-order chi connectivity index (χ1) is 8.66. The molecule has 1 aliphatic rings. The van der Waals surface area contributed by atoms with Gasteiger partial charge in [0.1, 0.15) is 11.9 Å². The van der Waals surface area contributed by atoms with Crippen molar-refractivity contribution in [3.63, 3.8) is 0 Å². The molecule has 0 bridgehead atoms. The van der Waals surface area contributed by atoms with Crippen LogP contribution in [-0.2, 0) is 11.2 Å². The number of hydrogen-bond donors (Lipinski definition) is 3. The lowest BCUT2D eigenvalue weighted by Crippen LogP contribution is -2.50. The molecule has 1 aromatic rings. The highest BCUT2D eigenvalue weighted by molar-refractivity contribution is 5.81. The van der Waals surface area contributed by atoms with E-state index in [4.69, 9.17) is 5.11 Å². The van der Waals surface area contributed by atoms with Crippen molar-refractivity contribution in [3.8, 4) is 5.75 Å².